The number of alkyl halides is 1. The second-order valence-electron chi connectivity index (χ2n) is 3.01. The van der Waals surface area contributed by atoms with Gasteiger partial charge in [-0.15, -0.1) is 0 Å². The molecule has 0 fully saturated rings. The highest BCUT2D eigenvalue weighted by Crippen LogP contribution is 2.07. The van der Waals surface area contributed by atoms with Crippen molar-refractivity contribution in [3.63, 3.8) is 0 Å². The monoisotopic (exact) mass is 255 g/mol. The van der Waals surface area contributed by atoms with E-state index in [4.69, 9.17) is 5.21 Å². The molecule has 1 aromatic rings. The van der Waals surface area contributed by atoms with Crippen LogP contribution < -0.4 is 5.48 Å². The highest BCUT2D eigenvalue weighted by molar-refractivity contribution is 9.09. The van der Waals surface area contributed by atoms with E-state index >= 15 is 0 Å². The smallest absolute Gasteiger partial charge is 0.0336 e. The van der Waals surface area contributed by atoms with E-state index in [1.54, 1.807) is 0 Å². The van der Waals surface area contributed by atoms with E-state index in [9.17, 15) is 0 Å². The van der Waals surface area contributed by atoms with Gasteiger partial charge >= 0.3 is 0 Å². The predicted molar refractivity (Wildman–Crippen MR) is 62.6 cm³/mol. The minimum atomic E-state index is 0.271. The Morgan fingerprint density at radius 3 is 2.71 bits per heavy atom. The molecule has 1 atom stereocenters. The number of hydrogen-bond acceptors (Lipinski definition) is 2. The summed E-state index contributed by atoms with van der Waals surface area (Å²) in [6.45, 7) is 0.555. The molecule has 2 nitrogen and oxygen atoms in total. The molecule has 0 heterocycles. The van der Waals surface area contributed by atoms with Crippen molar-refractivity contribution < 1.29 is 5.21 Å². The number of halogens is 1. The highest BCUT2D eigenvalue weighted by Gasteiger charge is 1.98. The summed E-state index contributed by atoms with van der Waals surface area (Å²) in [4.78, 5) is 0.271. The van der Waals surface area contributed by atoms with Gasteiger partial charge in [0, 0.05) is 11.4 Å². The van der Waals surface area contributed by atoms with Gasteiger partial charge in [-0.05, 0) is 12.0 Å². The van der Waals surface area contributed by atoms with Crippen LogP contribution in [0.4, 0.5) is 0 Å². The van der Waals surface area contributed by atoms with Gasteiger partial charge < -0.3 is 5.21 Å². The number of rotatable bonds is 5. The van der Waals surface area contributed by atoms with E-state index in [2.05, 4.69) is 45.7 Å². The molecule has 1 unspecified atom stereocenters. The van der Waals surface area contributed by atoms with Crippen LogP contribution in [0.5, 0.6) is 0 Å². The Morgan fingerprint density at radius 1 is 1.36 bits per heavy atom. The van der Waals surface area contributed by atoms with Crippen molar-refractivity contribution in [3.8, 4) is 0 Å². The number of hydroxylamine groups is 1. The Morgan fingerprint density at radius 2 is 2.07 bits per heavy atom. The van der Waals surface area contributed by atoms with Gasteiger partial charge in [0.1, 0.15) is 0 Å². The van der Waals surface area contributed by atoms with E-state index in [0.29, 0.717) is 6.54 Å². The van der Waals surface area contributed by atoms with Crippen molar-refractivity contribution in [2.45, 2.75) is 11.2 Å². The van der Waals surface area contributed by atoms with Crippen molar-refractivity contribution in [3.05, 3.63) is 42.0 Å². The molecule has 1 aromatic carbocycles. The third-order valence-electron chi connectivity index (χ3n) is 1.81. The Balaban J connectivity index is 2.34. The first-order chi connectivity index (χ1) is 6.83. The quantitative estimate of drug-likeness (QED) is 0.627. The predicted octanol–water partition coefficient (Wildman–Crippen LogP) is 2.83. The van der Waals surface area contributed by atoms with E-state index in [-0.39, 0.29) is 4.83 Å². The molecule has 0 radical (unpaired) electrons. The molecule has 0 aliphatic rings. The third kappa shape index (κ3) is 4.56. The first-order valence-corrected chi connectivity index (χ1v) is 5.47. The number of hydrogen-bond donors (Lipinski definition) is 2. The first-order valence-electron chi connectivity index (χ1n) is 4.55. The van der Waals surface area contributed by atoms with Crippen LogP contribution >= 0.6 is 15.9 Å². The average Bonchev–Trinajstić information content (AvgIpc) is 2.20. The number of nitrogens with one attached hydrogen (secondary N) is 1. The van der Waals surface area contributed by atoms with Gasteiger partial charge in [0.15, 0.2) is 0 Å². The van der Waals surface area contributed by atoms with Gasteiger partial charge in [0.25, 0.3) is 0 Å². The zero-order chi connectivity index (χ0) is 10.2. The maximum Gasteiger partial charge on any atom is 0.0336 e. The fraction of sp³-hybridized carbons (Fsp3) is 0.273. The maximum atomic E-state index is 8.45. The Hall–Kier alpha value is -0.640. The lowest BCUT2D eigenvalue weighted by atomic mass is 10.2. The largest absolute Gasteiger partial charge is 0.317 e. The van der Waals surface area contributed by atoms with Crippen LogP contribution in [0.25, 0.3) is 6.08 Å². The minimum absolute atomic E-state index is 0.271. The van der Waals surface area contributed by atoms with Crippen molar-refractivity contribution in [1.82, 2.24) is 5.48 Å². The van der Waals surface area contributed by atoms with E-state index < -0.39 is 0 Å². The van der Waals surface area contributed by atoms with Crippen LogP contribution in [0.3, 0.4) is 0 Å². The second-order valence-corrected chi connectivity index (χ2v) is 4.30. The molecule has 76 valence electrons. The number of allylic oxidation sites excluding steroid dienone is 1. The molecule has 0 bridgehead atoms. The SMILES string of the molecule is ONCC(Br)CC=Cc1ccccc1. The van der Waals surface area contributed by atoms with Crippen LogP contribution in [0.2, 0.25) is 0 Å². The lowest BCUT2D eigenvalue weighted by molar-refractivity contribution is 0.168. The molecule has 0 saturated carbocycles. The molecule has 3 heteroatoms. The van der Waals surface area contributed by atoms with Crippen LogP contribution in [-0.2, 0) is 0 Å². The van der Waals surface area contributed by atoms with Gasteiger partial charge in [0.2, 0.25) is 0 Å². The van der Waals surface area contributed by atoms with E-state index in [1.807, 2.05) is 18.2 Å². The Labute approximate surface area is 92.7 Å². The molecule has 14 heavy (non-hydrogen) atoms. The lowest BCUT2D eigenvalue weighted by Gasteiger charge is -2.03. The molecule has 0 amide bonds. The molecular formula is C11H14BrNO. The van der Waals surface area contributed by atoms with Crippen molar-refractivity contribution in [1.29, 1.82) is 0 Å². The Bertz CT molecular complexity index is 274. The van der Waals surface area contributed by atoms with Crippen molar-refractivity contribution in [2.75, 3.05) is 6.54 Å². The summed E-state index contributed by atoms with van der Waals surface area (Å²) in [7, 11) is 0. The van der Waals surface area contributed by atoms with Crippen LogP contribution in [0.15, 0.2) is 36.4 Å². The van der Waals surface area contributed by atoms with Crippen LogP contribution in [-0.4, -0.2) is 16.6 Å². The summed E-state index contributed by atoms with van der Waals surface area (Å²) >= 11 is 3.44. The maximum absolute atomic E-state index is 8.45. The lowest BCUT2D eigenvalue weighted by Crippen LogP contribution is -2.18. The van der Waals surface area contributed by atoms with Crippen molar-refractivity contribution in [2.24, 2.45) is 0 Å². The van der Waals surface area contributed by atoms with Gasteiger partial charge in [-0.1, -0.05) is 58.4 Å². The first kappa shape index (κ1) is 11.4. The highest BCUT2D eigenvalue weighted by atomic mass is 79.9. The van der Waals surface area contributed by atoms with Crippen molar-refractivity contribution >= 4 is 22.0 Å². The zero-order valence-corrected chi connectivity index (χ0v) is 9.44. The standard InChI is InChI=1S/C11H14BrNO/c12-11(9-13-14)8-4-7-10-5-2-1-3-6-10/h1-7,11,13-14H,8-9H2. The number of benzene rings is 1. The fourth-order valence-corrected chi connectivity index (χ4v) is 1.46. The van der Waals surface area contributed by atoms with Gasteiger partial charge in [0.05, 0.1) is 0 Å². The fourth-order valence-electron chi connectivity index (χ4n) is 1.10. The molecule has 0 spiro atoms. The topological polar surface area (TPSA) is 32.3 Å². The summed E-state index contributed by atoms with van der Waals surface area (Å²) in [6.07, 6.45) is 5.06. The summed E-state index contributed by atoms with van der Waals surface area (Å²) in [5.74, 6) is 0. The molecule has 0 aromatic heterocycles. The van der Waals surface area contributed by atoms with Crippen LogP contribution in [0.1, 0.15) is 12.0 Å². The summed E-state index contributed by atoms with van der Waals surface area (Å²) in [6, 6.07) is 10.1. The summed E-state index contributed by atoms with van der Waals surface area (Å²) < 4.78 is 0. The van der Waals surface area contributed by atoms with Gasteiger partial charge in [-0.2, -0.15) is 0 Å². The average molecular weight is 256 g/mol. The van der Waals surface area contributed by atoms with E-state index in [0.717, 1.165) is 6.42 Å². The summed E-state index contributed by atoms with van der Waals surface area (Å²) in [5.41, 5.74) is 3.33. The third-order valence-corrected chi connectivity index (χ3v) is 2.51. The molecule has 1 rings (SSSR count). The molecule has 0 saturated heterocycles. The summed E-state index contributed by atoms with van der Waals surface area (Å²) in [5, 5.41) is 8.45. The van der Waals surface area contributed by atoms with Gasteiger partial charge in [-0.3, -0.25) is 0 Å². The molecule has 0 aliphatic heterocycles. The van der Waals surface area contributed by atoms with Crippen LogP contribution in [0, 0.1) is 0 Å². The van der Waals surface area contributed by atoms with Gasteiger partial charge in [-0.25, -0.2) is 5.48 Å². The molecule has 2 N–H and O–H groups in total. The molecular weight excluding hydrogens is 242 g/mol. The van der Waals surface area contributed by atoms with E-state index in [1.165, 1.54) is 5.56 Å². The molecule has 0 aliphatic carbocycles. The zero-order valence-electron chi connectivity index (χ0n) is 7.86. The normalized spacial score (nSPS) is 13.3. The minimum Gasteiger partial charge on any atom is -0.317 e. The second kappa shape index (κ2) is 6.76. The Kier molecular flexibility index (Phi) is 5.52.